The molecule has 0 aliphatic carbocycles. The molecule has 3 aromatic rings. The first kappa shape index (κ1) is 29.0. The zero-order valence-corrected chi connectivity index (χ0v) is 26.1. The molecular formula is C29H38FN4OP3. The number of hydrogen-bond donors (Lipinski definition) is 1. The Morgan fingerprint density at radius 2 is 1.71 bits per heavy atom. The summed E-state index contributed by atoms with van der Waals surface area (Å²) in [5.41, 5.74) is 5.96. The summed E-state index contributed by atoms with van der Waals surface area (Å²) in [4.78, 5) is 22.5. The molecule has 1 N–H and O–H groups in total. The van der Waals surface area contributed by atoms with Crippen molar-refractivity contribution in [3.63, 3.8) is 0 Å². The lowest BCUT2D eigenvalue weighted by Crippen LogP contribution is -2.44. The molecule has 1 amide bonds. The van der Waals surface area contributed by atoms with E-state index in [0.717, 1.165) is 59.8 Å². The Hall–Kier alpha value is -1.96. The third kappa shape index (κ3) is 6.78. The largest absolute Gasteiger partial charge is 0.354 e. The molecule has 1 aliphatic rings. The molecule has 4 rings (SSSR count). The third-order valence-electron chi connectivity index (χ3n) is 6.94. The summed E-state index contributed by atoms with van der Waals surface area (Å²) in [7, 11) is 9.09. The molecule has 0 spiro atoms. The highest BCUT2D eigenvalue weighted by atomic mass is 31.1. The van der Waals surface area contributed by atoms with Crippen LogP contribution in [0.5, 0.6) is 0 Å². The van der Waals surface area contributed by atoms with E-state index < -0.39 is 5.15 Å². The Morgan fingerprint density at radius 3 is 2.34 bits per heavy atom. The molecule has 9 heteroatoms. The molecule has 3 unspecified atom stereocenters. The fraction of sp³-hybridized carbons (Fsp3) is 0.379. The van der Waals surface area contributed by atoms with Gasteiger partial charge in [-0.1, -0.05) is 74.8 Å². The van der Waals surface area contributed by atoms with Crippen LogP contribution < -0.4 is 10.2 Å². The topological polar surface area (TPSA) is 48.5 Å². The van der Waals surface area contributed by atoms with Crippen LogP contribution in [0.4, 0.5) is 10.2 Å². The number of aryl methyl sites for hydroxylation is 1. The number of carbonyl (C=O) groups excluding carboxylic acids is 1. The molecule has 1 aliphatic heterocycles. The lowest BCUT2D eigenvalue weighted by molar-refractivity contribution is 0.0785. The maximum Gasteiger partial charge on any atom is 0.256 e. The van der Waals surface area contributed by atoms with Gasteiger partial charge in [-0.15, -0.1) is 9.24 Å². The van der Waals surface area contributed by atoms with Crippen molar-refractivity contribution in [3.05, 3.63) is 82.5 Å². The van der Waals surface area contributed by atoms with E-state index in [0.29, 0.717) is 17.7 Å². The Bertz CT molecular complexity index is 1280. The predicted octanol–water partition coefficient (Wildman–Crippen LogP) is 5.68. The van der Waals surface area contributed by atoms with Gasteiger partial charge in [0.2, 0.25) is 0 Å². The predicted molar refractivity (Wildman–Crippen MR) is 167 cm³/mol. The Kier molecular flexibility index (Phi) is 8.90. The number of anilines is 1. The highest BCUT2D eigenvalue weighted by Crippen LogP contribution is 2.43. The molecule has 0 radical (unpaired) electrons. The number of halogens is 1. The summed E-state index contributed by atoms with van der Waals surface area (Å²) < 4.78 is 14.9. The van der Waals surface area contributed by atoms with Crippen molar-refractivity contribution in [2.45, 2.75) is 37.6 Å². The first-order chi connectivity index (χ1) is 17.8. The SMILES string of the molecule is Cc1ccccc1-c1cc(N2CCNCC2)ncc1C(=O)N(C)Cc1cc(C(C)(C)P)cc(C(F)(P)P)c1. The van der Waals surface area contributed by atoms with Crippen LogP contribution in [0.15, 0.2) is 54.7 Å². The highest BCUT2D eigenvalue weighted by molar-refractivity contribution is 7.38. The van der Waals surface area contributed by atoms with Gasteiger partial charge < -0.3 is 15.1 Å². The van der Waals surface area contributed by atoms with E-state index in [-0.39, 0.29) is 11.1 Å². The van der Waals surface area contributed by atoms with Crippen molar-refractivity contribution in [3.8, 4) is 11.1 Å². The van der Waals surface area contributed by atoms with Gasteiger partial charge in [-0.25, -0.2) is 9.37 Å². The summed E-state index contributed by atoms with van der Waals surface area (Å²) >= 11 is 0. The van der Waals surface area contributed by atoms with Crippen LogP contribution >= 0.6 is 27.7 Å². The zero-order chi connectivity index (χ0) is 27.7. The van der Waals surface area contributed by atoms with Crippen LogP contribution in [0.1, 0.15) is 46.5 Å². The molecule has 2 aromatic carbocycles. The van der Waals surface area contributed by atoms with E-state index in [1.54, 1.807) is 18.1 Å². The minimum absolute atomic E-state index is 0.122. The Balaban J connectivity index is 1.71. The number of amides is 1. The number of nitrogens with one attached hydrogen (secondary N) is 1. The Morgan fingerprint density at radius 1 is 1.05 bits per heavy atom. The van der Waals surface area contributed by atoms with E-state index in [9.17, 15) is 9.18 Å². The lowest BCUT2D eigenvalue weighted by atomic mass is 9.95. The summed E-state index contributed by atoms with van der Waals surface area (Å²) in [6, 6.07) is 15.9. The number of piperazine rings is 1. The quantitative estimate of drug-likeness (QED) is 0.372. The van der Waals surface area contributed by atoms with E-state index in [1.165, 1.54) is 0 Å². The first-order valence-electron chi connectivity index (χ1n) is 12.8. The summed E-state index contributed by atoms with van der Waals surface area (Å²) in [6.07, 6.45) is 1.71. The maximum atomic E-state index is 14.9. The Labute approximate surface area is 233 Å². The molecule has 3 atom stereocenters. The molecule has 1 fully saturated rings. The van der Waals surface area contributed by atoms with E-state index >= 15 is 0 Å². The second kappa shape index (κ2) is 11.6. The third-order valence-corrected chi connectivity index (χ3v) is 7.94. The average Bonchev–Trinajstić information content (AvgIpc) is 2.87. The van der Waals surface area contributed by atoms with Crippen molar-refractivity contribution >= 4 is 39.4 Å². The van der Waals surface area contributed by atoms with Crippen molar-refractivity contribution in [1.29, 1.82) is 0 Å². The molecule has 0 bridgehead atoms. The molecule has 5 nitrogen and oxygen atoms in total. The van der Waals surface area contributed by atoms with Gasteiger partial charge in [0.05, 0.1) is 5.56 Å². The van der Waals surface area contributed by atoms with Gasteiger partial charge in [0.15, 0.2) is 5.15 Å². The summed E-state index contributed by atoms with van der Waals surface area (Å²) in [5.74, 6) is 0.757. The maximum absolute atomic E-state index is 14.9. The van der Waals surface area contributed by atoms with Crippen LogP contribution in [0.2, 0.25) is 0 Å². The number of alkyl halides is 1. The van der Waals surface area contributed by atoms with E-state index in [2.05, 4.69) is 76.9 Å². The van der Waals surface area contributed by atoms with Gasteiger partial charge >= 0.3 is 0 Å². The number of pyridine rings is 1. The number of nitrogens with zero attached hydrogens (tertiary/aromatic N) is 3. The van der Waals surface area contributed by atoms with Gasteiger partial charge in [-0.3, -0.25) is 4.79 Å². The number of hydrogen-bond acceptors (Lipinski definition) is 4. The summed E-state index contributed by atoms with van der Waals surface area (Å²) in [5, 5.41) is 1.49. The lowest BCUT2D eigenvalue weighted by Gasteiger charge is -2.29. The van der Waals surface area contributed by atoms with Gasteiger partial charge in [0, 0.05) is 51.1 Å². The van der Waals surface area contributed by atoms with Gasteiger partial charge in [-0.2, -0.15) is 0 Å². The molecule has 38 heavy (non-hydrogen) atoms. The highest BCUT2D eigenvalue weighted by Gasteiger charge is 2.26. The number of benzene rings is 2. The average molecular weight is 571 g/mol. The van der Waals surface area contributed by atoms with Crippen molar-refractivity contribution < 1.29 is 9.18 Å². The van der Waals surface area contributed by atoms with Crippen LogP contribution in [0, 0.1) is 6.92 Å². The minimum atomic E-state index is -1.65. The molecule has 1 saturated heterocycles. The fourth-order valence-electron chi connectivity index (χ4n) is 4.71. The minimum Gasteiger partial charge on any atom is -0.354 e. The van der Waals surface area contributed by atoms with Gasteiger partial charge in [0.25, 0.3) is 5.91 Å². The molecule has 202 valence electrons. The monoisotopic (exact) mass is 570 g/mol. The smallest absolute Gasteiger partial charge is 0.256 e. The molecule has 0 saturated carbocycles. The second-order valence-corrected chi connectivity index (χ2v) is 14.5. The van der Waals surface area contributed by atoms with Crippen LogP contribution in [0.25, 0.3) is 11.1 Å². The molecule has 1 aromatic heterocycles. The van der Waals surface area contributed by atoms with E-state index in [4.69, 9.17) is 4.98 Å². The van der Waals surface area contributed by atoms with Crippen molar-refractivity contribution in [2.24, 2.45) is 0 Å². The van der Waals surface area contributed by atoms with Crippen LogP contribution in [-0.2, 0) is 16.9 Å². The normalized spacial score (nSPS) is 14.5. The zero-order valence-electron chi connectivity index (χ0n) is 22.6. The van der Waals surface area contributed by atoms with Crippen molar-refractivity contribution in [2.75, 3.05) is 38.1 Å². The van der Waals surface area contributed by atoms with Gasteiger partial charge in [-0.05, 0) is 46.4 Å². The standard InChI is InChI=1S/C29H38FN4OP3/c1-19-7-5-6-8-23(19)24-16-26(34-11-9-31-10-12-34)32-17-25(24)27(35)33(4)18-20-13-21(28(2,3)36)15-22(14-20)29(30,37)38/h5-8,13-17,31H,9-12,18,36-38H2,1-4H3. The van der Waals surface area contributed by atoms with E-state index in [1.807, 2.05) is 30.3 Å². The number of carbonyl (C=O) groups is 1. The number of rotatable bonds is 7. The second-order valence-electron chi connectivity index (χ2n) is 10.7. The number of aromatic nitrogens is 1. The van der Waals surface area contributed by atoms with Gasteiger partial charge in [0.1, 0.15) is 5.82 Å². The molecule has 2 heterocycles. The molecular weight excluding hydrogens is 532 g/mol. The van der Waals surface area contributed by atoms with Crippen LogP contribution in [-0.4, -0.2) is 49.0 Å². The first-order valence-corrected chi connectivity index (χ1v) is 14.6. The fourth-order valence-corrected chi connectivity index (χ4v) is 5.21. The van der Waals surface area contributed by atoms with Crippen molar-refractivity contribution in [1.82, 2.24) is 15.2 Å². The van der Waals surface area contributed by atoms with Crippen LogP contribution in [0.3, 0.4) is 0 Å². The summed E-state index contributed by atoms with van der Waals surface area (Å²) in [6.45, 7) is 10.1.